The second kappa shape index (κ2) is 7.05. The highest BCUT2D eigenvalue weighted by Crippen LogP contribution is 2.13. The zero-order valence-corrected chi connectivity index (χ0v) is 11.0. The predicted molar refractivity (Wildman–Crippen MR) is 73.2 cm³/mol. The van der Waals surface area contributed by atoms with Crippen LogP contribution in [0.2, 0.25) is 0 Å². The Bertz CT molecular complexity index is 582. The van der Waals surface area contributed by atoms with Crippen molar-refractivity contribution >= 4 is 11.3 Å². The van der Waals surface area contributed by atoms with E-state index in [1.54, 1.807) is 17.4 Å². The van der Waals surface area contributed by atoms with Gasteiger partial charge in [-0.05, 0) is 35.2 Å². The fraction of sp³-hybridized carbons (Fsp3) is 0.200. The second-order valence-electron chi connectivity index (χ2n) is 3.88. The molecule has 0 saturated carbocycles. The molecule has 0 saturated heterocycles. The Kier molecular flexibility index (Phi) is 5.10. The molecule has 19 heavy (non-hydrogen) atoms. The minimum atomic E-state index is -0.348. The summed E-state index contributed by atoms with van der Waals surface area (Å²) in [6.45, 7) is 0.621. The number of hydrogen-bond donors (Lipinski definition) is 1. The average Bonchev–Trinajstić information content (AvgIpc) is 2.89. The van der Waals surface area contributed by atoms with Crippen LogP contribution in [0, 0.1) is 17.7 Å². The summed E-state index contributed by atoms with van der Waals surface area (Å²) >= 11 is 1.63. The van der Waals surface area contributed by atoms with Gasteiger partial charge in [-0.2, -0.15) is 0 Å². The maximum absolute atomic E-state index is 13.4. The molecule has 0 bridgehead atoms. The van der Waals surface area contributed by atoms with Crippen molar-refractivity contribution in [1.82, 2.24) is 0 Å². The zero-order chi connectivity index (χ0) is 13.5. The van der Waals surface area contributed by atoms with Gasteiger partial charge in [0.1, 0.15) is 12.4 Å². The molecular weight excluding hydrogens is 263 g/mol. The standard InChI is InChI=1S/C15H13FO2S/c16-14-8-12(3-1-5-17)7-13(9-14)10-18-11-15-4-2-6-19-15/h2,4,6-9,17H,5,10-11H2. The van der Waals surface area contributed by atoms with Crippen LogP contribution in [0.5, 0.6) is 0 Å². The second-order valence-corrected chi connectivity index (χ2v) is 4.91. The SMILES string of the molecule is OCC#Cc1cc(F)cc(COCc2cccs2)c1. The molecule has 0 spiro atoms. The highest BCUT2D eigenvalue weighted by molar-refractivity contribution is 7.09. The number of aliphatic hydroxyl groups excluding tert-OH is 1. The molecule has 0 fully saturated rings. The number of aliphatic hydroxyl groups is 1. The van der Waals surface area contributed by atoms with Crippen molar-refractivity contribution in [3.05, 3.63) is 57.5 Å². The molecule has 98 valence electrons. The van der Waals surface area contributed by atoms with Crippen LogP contribution in [0.1, 0.15) is 16.0 Å². The van der Waals surface area contributed by atoms with Crippen LogP contribution in [0.15, 0.2) is 35.7 Å². The molecule has 0 unspecified atom stereocenters. The number of thiophene rings is 1. The number of hydrogen-bond acceptors (Lipinski definition) is 3. The first-order valence-electron chi connectivity index (χ1n) is 5.77. The van der Waals surface area contributed by atoms with Crippen molar-refractivity contribution in [2.24, 2.45) is 0 Å². The first kappa shape index (κ1) is 13.8. The molecule has 1 aromatic carbocycles. The molecule has 0 atom stereocenters. The number of ether oxygens (including phenoxy) is 1. The Morgan fingerprint density at radius 3 is 2.89 bits per heavy atom. The average molecular weight is 276 g/mol. The lowest BCUT2D eigenvalue weighted by molar-refractivity contribution is 0.109. The van der Waals surface area contributed by atoms with Gasteiger partial charge in [0.25, 0.3) is 0 Å². The van der Waals surface area contributed by atoms with Crippen molar-refractivity contribution in [2.75, 3.05) is 6.61 Å². The Morgan fingerprint density at radius 1 is 1.26 bits per heavy atom. The topological polar surface area (TPSA) is 29.5 Å². The fourth-order valence-corrected chi connectivity index (χ4v) is 2.25. The van der Waals surface area contributed by atoms with E-state index in [-0.39, 0.29) is 12.4 Å². The van der Waals surface area contributed by atoms with E-state index in [1.165, 1.54) is 12.1 Å². The third-order valence-electron chi connectivity index (χ3n) is 2.36. The predicted octanol–water partition coefficient (Wildman–Crippen LogP) is 2.95. The monoisotopic (exact) mass is 276 g/mol. The van der Waals surface area contributed by atoms with E-state index in [0.29, 0.717) is 18.8 Å². The van der Waals surface area contributed by atoms with Crippen molar-refractivity contribution in [3.8, 4) is 11.8 Å². The van der Waals surface area contributed by atoms with E-state index in [1.807, 2.05) is 17.5 Å². The molecular formula is C15H13FO2S. The van der Waals surface area contributed by atoms with Gasteiger partial charge in [0.05, 0.1) is 13.2 Å². The van der Waals surface area contributed by atoms with Crippen LogP contribution in [0.25, 0.3) is 0 Å². The normalized spacial score (nSPS) is 10.0. The van der Waals surface area contributed by atoms with Gasteiger partial charge in [0.15, 0.2) is 0 Å². The fourth-order valence-electron chi connectivity index (χ4n) is 1.61. The van der Waals surface area contributed by atoms with E-state index < -0.39 is 0 Å². The first-order valence-corrected chi connectivity index (χ1v) is 6.65. The van der Waals surface area contributed by atoms with Crippen molar-refractivity contribution in [1.29, 1.82) is 0 Å². The van der Waals surface area contributed by atoms with E-state index in [9.17, 15) is 4.39 Å². The van der Waals surface area contributed by atoms with Crippen molar-refractivity contribution in [3.63, 3.8) is 0 Å². The van der Waals surface area contributed by atoms with E-state index >= 15 is 0 Å². The van der Waals surface area contributed by atoms with E-state index in [2.05, 4.69) is 11.8 Å². The van der Waals surface area contributed by atoms with Gasteiger partial charge in [-0.15, -0.1) is 11.3 Å². The van der Waals surface area contributed by atoms with Gasteiger partial charge in [-0.3, -0.25) is 0 Å². The Hall–Kier alpha value is -1.67. The van der Waals surface area contributed by atoms with Gasteiger partial charge in [-0.1, -0.05) is 17.9 Å². The van der Waals surface area contributed by atoms with Crippen LogP contribution in [-0.4, -0.2) is 11.7 Å². The lowest BCUT2D eigenvalue weighted by Gasteiger charge is -2.04. The summed E-state index contributed by atoms with van der Waals surface area (Å²) in [7, 11) is 0. The van der Waals surface area contributed by atoms with Gasteiger partial charge in [0, 0.05) is 10.4 Å². The molecule has 0 aliphatic rings. The minimum Gasteiger partial charge on any atom is -0.384 e. The summed E-state index contributed by atoms with van der Waals surface area (Å²) in [4.78, 5) is 1.14. The van der Waals surface area contributed by atoms with Crippen LogP contribution in [0.3, 0.4) is 0 Å². The quantitative estimate of drug-likeness (QED) is 0.870. The summed E-state index contributed by atoms with van der Waals surface area (Å²) in [5.41, 5.74) is 1.28. The van der Waals surface area contributed by atoms with Crippen molar-refractivity contribution < 1.29 is 14.2 Å². The van der Waals surface area contributed by atoms with Crippen molar-refractivity contribution in [2.45, 2.75) is 13.2 Å². The van der Waals surface area contributed by atoms with Gasteiger partial charge in [0.2, 0.25) is 0 Å². The lowest BCUT2D eigenvalue weighted by atomic mass is 10.1. The summed E-state index contributed by atoms with van der Waals surface area (Å²) in [6.07, 6.45) is 0. The zero-order valence-electron chi connectivity index (χ0n) is 10.2. The van der Waals surface area contributed by atoms with Gasteiger partial charge < -0.3 is 9.84 Å². The Labute approximate surface area is 115 Å². The number of rotatable bonds is 4. The summed E-state index contributed by atoms with van der Waals surface area (Å²) in [5, 5.41) is 10.6. The summed E-state index contributed by atoms with van der Waals surface area (Å²) in [5.74, 6) is 4.84. The van der Waals surface area contributed by atoms with Crippen LogP contribution in [0.4, 0.5) is 4.39 Å². The van der Waals surface area contributed by atoms with Gasteiger partial charge in [-0.25, -0.2) is 4.39 Å². The molecule has 2 rings (SSSR count). The van der Waals surface area contributed by atoms with Crippen LogP contribution < -0.4 is 0 Å². The highest BCUT2D eigenvalue weighted by Gasteiger charge is 2.01. The molecule has 0 radical (unpaired) electrons. The molecule has 2 aromatic rings. The molecule has 1 aromatic heterocycles. The molecule has 0 amide bonds. The molecule has 1 heterocycles. The van der Waals surface area contributed by atoms with E-state index in [4.69, 9.17) is 9.84 Å². The maximum atomic E-state index is 13.4. The largest absolute Gasteiger partial charge is 0.384 e. The molecule has 0 aliphatic carbocycles. The third kappa shape index (κ3) is 4.49. The maximum Gasteiger partial charge on any atom is 0.124 e. The Morgan fingerprint density at radius 2 is 2.16 bits per heavy atom. The highest BCUT2D eigenvalue weighted by atomic mass is 32.1. The first-order chi connectivity index (χ1) is 9.28. The molecule has 4 heteroatoms. The van der Waals surface area contributed by atoms with Gasteiger partial charge >= 0.3 is 0 Å². The summed E-state index contributed by atoms with van der Waals surface area (Å²) in [6, 6.07) is 8.49. The molecule has 0 aliphatic heterocycles. The smallest absolute Gasteiger partial charge is 0.124 e. The number of benzene rings is 1. The lowest BCUT2D eigenvalue weighted by Crippen LogP contribution is -1.94. The Balaban J connectivity index is 1.97. The van der Waals surface area contributed by atoms with E-state index in [0.717, 1.165) is 10.4 Å². The number of halogens is 1. The molecule has 1 N–H and O–H groups in total. The van der Waals surface area contributed by atoms with Crippen LogP contribution >= 0.6 is 11.3 Å². The minimum absolute atomic E-state index is 0.235. The van der Waals surface area contributed by atoms with Crippen LogP contribution in [-0.2, 0) is 18.0 Å². The third-order valence-corrected chi connectivity index (χ3v) is 3.21. The summed E-state index contributed by atoms with van der Waals surface area (Å²) < 4.78 is 18.9. The molecule has 2 nitrogen and oxygen atoms in total.